The number of rotatable bonds is 4. The Balaban J connectivity index is 2.76. The Morgan fingerprint density at radius 2 is 2.43 bits per heavy atom. The average Bonchev–Trinajstić information content (AvgIpc) is 2.51. The SMILES string of the molecule is CCOC(=O)c1ncsc1NN(C)C. The van der Waals surface area contributed by atoms with Gasteiger partial charge in [0.15, 0.2) is 5.69 Å². The molecule has 6 heteroatoms. The smallest absolute Gasteiger partial charge is 0.360 e. The topological polar surface area (TPSA) is 54.5 Å². The molecule has 0 fully saturated rings. The van der Waals surface area contributed by atoms with Crippen molar-refractivity contribution in [3.8, 4) is 0 Å². The Bertz CT molecular complexity index is 311. The van der Waals surface area contributed by atoms with Crippen LogP contribution in [0, 0.1) is 0 Å². The molecular weight excluding hydrogens is 202 g/mol. The number of hydrogen-bond acceptors (Lipinski definition) is 6. The maximum Gasteiger partial charge on any atom is 0.360 e. The van der Waals surface area contributed by atoms with E-state index >= 15 is 0 Å². The standard InChI is InChI=1S/C8H13N3O2S/c1-4-13-8(12)6-7(10-11(2)3)14-5-9-6/h5,10H,4H2,1-3H3. The molecule has 0 unspecified atom stereocenters. The molecule has 0 saturated carbocycles. The van der Waals surface area contributed by atoms with Gasteiger partial charge in [0.25, 0.3) is 0 Å². The summed E-state index contributed by atoms with van der Waals surface area (Å²) in [6.07, 6.45) is 0. The van der Waals surface area contributed by atoms with Gasteiger partial charge in [-0.05, 0) is 6.92 Å². The summed E-state index contributed by atoms with van der Waals surface area (Å²) in [6, 6.07) is 0. The molecule has 14 heavy (non-hydrogen) atoms. The Morgan fingerprint density at radius 3 is 3.00 bits per heavy atom. The third-order valence-corrected chi connectivity index (χ3v) is 2.09. The summed E-state index contributed by atoms with van der Waals surface area (Å²) in [7, 11) is 3.68. The van der Waals surface area contributed by atoms with Gasteiger partial charge >= 0.3 is 5.97 Å². The van der Waals surface area contributed by atoms with Gasteiger partial charge in [-0.2, -0.15) is 0 Å². The first-order valence-corrected chi connectivity index (χ1v) is 5.07. The van der Waals surface area contributed by atoms with Crippen molar-refractivity contribution >= 4 is 22.3 Å². The molecule has 1 N–H and O–H groups in total. The fourth-order valence-corrected chi connectivity index (χ4v) is 1.62. The number of hydrazine groups is 1. The van der Waals surface area contributed by atoms with Crippen molar-refractivity contribution < 1.29 is 9.53 Å². The van der Waals surface area contributed by atoms with E-state index in [2.05, 4.69) is 10.4 Å². The van der Waals surface area contributed by atoms with Crippen LogP contribution in [-0.4, -0.2) is 36.7 Å². The van der Waals surface area contributed by atoms with E-state index in [1.807, 2.05) is 14.1 Å². The molecule has 5 nitrogen and oxygen atoms in total. The van der Waals surface area contributed by atoms with Crippen LogP contribution in [0.3, 0.4) is 0 Å². The van der Waals surface area contributed by atoms with Crippen LogP contribution in [-0.2, 0) is 4.74 Å². The van der Waals surface area contributed by atoms with Crippen molar-refractivity contribution in [2.45, 2.75) is 6.92 Å². The summed E-state index contributed by atoms with van der Waals surface area (Å²) in [5, 5.41) is 2.45. The maximum atomic E-state index is 11.4. The number of hydrogen-bond donors (Lipinski definition) is 1. The highest BCUT2D eigenvalue weighted by molar-refractivity contribution is 7.14. The molecule has 78 valence electrons. The minimum absolute atomic E-state index is 0.338. The number of esters is 1. The number of carbonyl (C=O) groups excluding carboxylic acids is 1. The first-order chi connectivity index (χ1) is 6.65. The number of anilines is 1. The van der Waals surface area contributed by atoms with Gasteiger partial charge < -0.3 is 10.2 Å². The van der Waals surface area contributed by atoms with Crippen molar-refractivity contribution in [3.63, 3.8) is 0 Å². The van der Waals surface area contributed by atoms with Crippen LogP contribution in [0.4, 0.5) is 5.00 Å². The van der Waals surface area contributed by atoms with E-state index in [0.717, 1.165) is 0 Å². The zero-order chi connectivity index (χ0) is 10.6. The van der Waals surface area contributed by atoms with Gasteiger partial charge in [0, 0.05) is 14.1 Å². The first kappa shape index (κ1) is 10.9. The van der Waals surface area contributed by atoms with Crippen LogP contribution < -0.4 is 5.43 Å². The van der Waals surface area contributed by atoms with E-state index < -0.39 is 5.97 Å². The number of ether oxygens (including phenoxy) is 1. The van der Waals surface area contributed by atoms with Crippen molar-refractivity contribution in [2.75, 3.05) is 26.1 Å². The van der Waals surface area contributed by atoms with E-state index in [9.17, 15) is 4.79 Å². The predicted molar refractivity (Wildman–Crippen MR) is 55.4 cm³/mol. The van der Waals surface area contributed by atoms with Gasteiger partial charge in [-0.25, -0.2) is 14.8 Å². The fourth-order valence-electron chi connectivity index (χ4n) is 0.873. The molecule has 0 atom stereocenters. The van der Waals surface area contributed by atoms with Crippen LogP contribution in [0.15, 0.2) is 5.51 Å². The second kappa shape index (κ2) is 4.92. The molecule has 1 heterocycles. The van der Waals surface area contributed by atoms with Crippen LogP contribution in [0.5, 0.6) is 0 Å². The predicted octanol–water partition coefficient (Wildman–Crippen LogP) is 1.21. The lowest BCUT2D eigenvalue weighted by molar-refractivity contribution is 0.0521. The molecule has 0 spiro atoms. The highest BCUT2D eigenvalue weighted by Gasteiger charge is 2.15. The summed E-state index contributed by atoms with van der Waals surface area (Å²) < 4.78 is 4.86. The summed E-state index contributed by atoms with van der Waals surface area (Å²) in [5.41, 5.74) is 4.93. The highest BCUT2D eigenvalue weighted by atomic mass is 32.1. The van der Waals surface area contributed by atoms with Crippen LogP contribution in [0.1, 0.15) is 17.4 Å². The van der Waals surface area contributed by atoms with E-state index in [4.69, 9.17) is 4.74 Å². The molecule has 0 aromatic carbocycles. The van der Waals surface area contributed by atoms with Gasteiger partial charge in [-0.15, -0.1) is 11.3 Å². The number of carbonyl (C=O) groups is 1. The van der Waals surface area contributed by atoms with Crippen molar-refractivity contribution in [1.82, 2.24) is 9.99 Å². The molecule has 0 saturated heterocycles. The number of aromatic nitrogens is 1. The van der Waals surface area contributed by atoms with Crippen molar-refractivity contribution in [3.05, 3.63) is 11.2 Å². The average molecular weight is 215 g/mol. The lowest BCUT2D eigenvalue weighted by Crippen LogP contribution is -2.20. The number of nitrogens with zero attached hydrogens (tertiary/aromatic N) is 2. The third-order valence-electron chi connectivity index (χ3n) is 1.36. The maximum absolute atomic E-state index is 11.4. The first-order valence-electron chi connectivity index (χ1n) is 4.19. The minimum Gasteiger partial charge on any atom is -0.461 e. The third kappa shape index (κ3) is 2.68. The van der Waals surface area contributed by atoms with E-state index in [1.54, 1.807) is 17.4 Å². The molecule has 0 aliphatic heterocycles. The lowest BCUT2D eigenvalue weighted by atomic mass is 10.5. The normalized spacial score (nSPS) is 10.3. The van der Waals surface area contributed by atoms with Gasteiger partial charge in [0.2, 0.25) is 0 Å². The van der Waals surface area contributed by atoms with E-state index in [-0.39, 0.29) is 0 Å². The number of nitrogens with one attached hydrogen (secondary N) is 1. The molecule has 1 aromatic heterocycles. The van der Waals surface area contributed by atoms with Crippen molar-refractivity contribution in [1.29, 1.82) is 0 Å². The second-order valence-electron chi connectivity index (χ2n) is 2.76. The summed E-state index contributed by atoms with van der Waals surface area (Å²) in [5.74, 6) is -0.391. The quantitative estimate of drug-likeness (QED) is 0.604. The molecule has 0 bridgehead atoms. The molecule has 1 aromatic rings. The Hall–Kier alpha value is -1.14. The highest BCUT2D eigenvalue weighted by Crippen LogP contribution is 2.20. The van der Waals surface area contributed by atoms with Gasteiger partial charge in [-0.3, -0.25) is 0 Å². The minimum atomic E-state index is -0.391. The molecule has 0 radical (unpaired) electrons. The molecule has 1 rings (SSSR count). The van der Waals surface area contributed by atoms with E-state index in [0.29, 0.717) is 17.3 Å². The van der Waals surface area contributed by atoms with Crippen LogP contribution in [0.25, 0.3) is 0 Å². The molecular formula is C8H13N3O2S. The largest absolute Gasteiger partial charge is 0.461 e. The monoisotopic (exact) mass is 215 g/mol. The van der Waals surface area contributed by atoms with E-state index in [1.165, 1.54) is 11.3 Å². The molecule has 0 aliphatic rings. The zero-order valence-electron chi connectivity index (χ0n) is 8.40. The van der Waals surface area contributed by atoms with Gasteiger partial charge in [0.1, 0.15) is 5.00 Å². The van der Waals surface area contributed by atoms with Crippen LogP contribution >= 0.6 is 11.3 Å². The van der Waals surface area contributed by atoms with Crippen molar-refractivity contribution in [2.24, 2.45) is 0 Å². The summed E-state index contributed by atoms with van der Waals surface area (Å²) in [6.45, 7) is 2.13. The second-order valence-corrected chi connectivity index (χ2v) is 3.61. The Kier molecular flexibility index (Phi) is 3.84. The Labute approximate surface area is 86.7 Å². The molecule has 0 amide bonds. The van der Waals surface area contributed by atoms with Gasteiger partial charge in [-0.1, -0.05) is 0 Å². The lowest BCUT2D eigenvalue weighted by Gasteiger charge is -2.11. The zero-order valence-corrected chi connectivity index (χ0v) is 9.22. The van der Waals surface area contributed by atoms with Crippen LogP contribution in [0.2, 0.25) is 0 Å². The Morgan fingerprint density at radius 1 is 1.71 bits per heavy atom. The number of thiazole rings is 1. The fraction of sp³-hybridized carbons (Fsp3) is 0.500. The summed E-state index contributed by atoms with van der Waals surface area (Å²) in [4.78, 5) is 15.3. The van der Waals surface area contributed by atoms with Gasteiger partial charge in [0.05, 0.1) is 12.1 Å². The summed E-state index contributed by atoms with van der Waals surface area (Å²) >= 11 is 1.37. The molecule has 0 aliphatic carbocycles.